The van der Waals surface area contributed by atoms with E-state index in [0.29, 0.717) is 48.5 Å². The number of ether oxygens (including phenoxy) is 5. The summed E-state index contributed by atoms with van der Waals surface area (Å²) in [5.41, 5.74) is -2.68. The minimum Gasteiger partial charge on any atom is -0.504 e. The second-order valence-corrected chi connectivity index (χ2v) is 11.7. The molecule has 1 heterocycles. The van der Waals surface area contributed by atoms with Gasteiger partial charge in [-0.1, -0.05) is 0 Å². The van der Waals surface area contributed by atoms with Gasteiger partial charge in [0.25, 0.3) is 0 Å². The van der Waals surface area contributed by atoms with Crippen LogP contribution in [0, 0.1) is 0 Å². The van der Waals surface area contributed by atoms with Gasteiger partial charge in [-0.25, -0.2) is 19.2 Å². The number of aromatic hydroxyl groups is 12. The number of aliphatic hydroxyl groups is 1. The molecule has 0 aliphatic carbocycles. The summed E-state index contributed by atoms with van der Waals surface area (Å²) in [7, 11) is 0. The fourth-order valence-corrected chi connectivity index (χ4v) is 5.14. The van der Waals surface area contributed by atoms with Crippen molar-refractivity contribution < 1.29 is 109 Å². The highest BCUT2D eigenvalue weighted by Crippen LogP contribution is 2.40. The van der Waals surface area contributed by atoms with Crippen molar-refractivity contribution in [1.82, 2.24) is 0 Å². The van der Waals surface area contributed by atoms with E-state index in [1.165, 1.54) is 0 Å². The fraction of sp³-hybridized carbons (Fsp3) is 0.176. The normalized spacial score (nSPS) is 19.1. The third-order valence-electron chi connectivity index (χ3n) is 7.94. The van der Waals surface area contributed by atoms with Gasteiger partial charge >= 0.3 is 23.9 Å². The summed E-state index contributed by atoms with van der Waals surface area (Å²) < 4.78 is 26.8. The molecule has 1 fully saturated rings. The molecule has 0 amide bonds. The highest BCUT2D eigenvalue weighted by atomic mass is 16.7. The van der Waals surface area contributed by atoms with Gasteiger partial charge in [0.15, 0.2) is 93.6 Å². The standard InChI is InChI=1S/C34H28O22/c35-14-1-10(2-15(36)23(14)43)30(47)52-9-22-27(54-31(48)11-3-16(37)24(44)17(38)4-11)28(55-32(49)12-5-18(39)25(45)19(40)6-12)29(34(51)53-22)56-33(50)13-7-20(41)26(46)21(42)8-13/h1-8,22,27-29,34-46,51H,9H2/t22-,27+,28-,29-,34+/m0/s1. The predicted octanol–water partition coefficient (Wildman–Crippen LogP) is 0.705. The number of benzene rings is 4. The van der Waals surface area contributed by atoms with Gasteiger partial charge < -0.3 is 90.1 Å². The van der Waals surface area contributed by atoms with Crippen molar-refractivity contribution in [3.63, 3.8) is 0 Å². The molecule has 0 saturated carbocycles. The summed E-state index contributed by atoms with van der Waals surface area (Å²) >= 11 is 0. The Kier molecular flexibility index (Phi) is 10.8. The van der Waals surface area contributed by atoms with Gasteiger partial charge in [0.2, 0.25) is 0 Å². The third-order valence-corrected chi connectivity index (χ3v) is 7.94. The zero-order valence-electron chi connectivity index (χ0n) is 27.7. The fourth-order valence-electron chi connectivity index (χ4n) is 5.14. The first-order chi connectivity index (χ1) is 26.3. The van der Waals surface area contributed by atoms with E-state index in [4.69, 9.17) is 23.7 Å². The molecule has 22 heteroatoms. The molecular formula is C34H28O22. The average Bonchev–Trinajstić information content (AvgIpc) is 3.14. The van der Waals surface area contributed by atoms with E-state index in [-0.39, 0.29) is 0 Å². The van der Waals surface area contributed by atoms with E-state index in [9.17, 15) is 85.6 Å². The summed E-state index contributed by atoms with van der Waals surface area (Å²) in [6.45, 7) is -1.09. The first-order valence-corrected chi connectivity index (χ1v) is 15.4. The maximum atomic E-state index is 13.5. The zero-order valence-corrected chi connectivity index (χ0v) is 27.7. The Labute approximate surface area is 310 Å². The Hall–Kier alpha value is -7.72. The van der Waals surface area contributed by atoms with E-state index in [1.807, 2.05) is 0 Å². The number of aliphatic hydroxyl groups excluding tert-OH is 1. The summed E-state index contributed by atoms with van der Waals surface area (Å²) in [6, 6.07) is 4.99. The lowest BCUT2D eigenvalue weighted by atomic mass is 9.97. The highest BCUT2D eigenvalue weighted by molar-refractivity contribution is 5.93. The maximum absolute atomic E-state index is 13.5. The maximum Gasteiger partial charge on any atom is 0.339 e. The molecule has 0 unspecified atom stereocenters. The van der Waals surface area contributed by atoms with E-state index in [1.54, 1.807) is 0 Å². The van der Waals surface area contributed by atoms with Gasteiger partial charge in [-0.05, 0) is 48.5 Å². The molecule has 1 aliphatic rings. The van der Waals surface area contributed by atoms with Crippen molar-refractivity contribution in [3.05, 3.63) is 70.8 Å². The van der Waals surface area contributed by atoms with Gasteiger partial charge in [-0.3, -0.25) is 0 Å². The zero-order chi connectivity index (χ0) is 41.3. The van der Waals surface area contributed by atoms with Crippen LogP contribution in [0.25, 0.3) is 0 Å². The lowest BCUT2D eigenvalue weighted by Gasteiger charge is -2.42. The molecule has 4 aromatic carbocycles. The molecule has 56 heavy (non-hydrogen) atoms. The number of hydrogen-bond donors (Lipinski definition) is 13. The van der Waals surface area contributed by atoms with Crippen LogP contribution in [0.2, 0.25) is 0 Å². The van der Waals surface area contributed by atoms with E-state index in [0.717, 1.165) is 0 Å². The lowest BCUT2D eigenvalue weighted by molar-refractivity contribution is -0.284. The van der Waals surface area contributed by atoms with Crippen LogP contribution in [0.5, 0.6) is 69.0 Å². The summed E-state index contributed by atoms with van der Waals surface area (Å²) in [5.74, 6) is -18.2. The van der Waals surface area contributed by atoms with E-state index in [2.05, 4.69) is 0 Å². The highest BCUT2D eigenvalue weighted by Gasteiger charge is 2.53. The number of phenols is 12. The first-order valence-electron chi connectivity index (χ1n) is 15.4. The Bertz CT molecular complexity index is 2140. The number of hydrogen-bond acceptors (Lipinski definition) is 22. The molecule has 5 rings (SSSR count). The van der Waals surface area contributed by atoms with Gasteiger partial charge in [0, 0.05) is 0 Å². The largest absolute Gasteiger partial charge is 0.504 e. The van der Waals surface area contributed by atoms with Gasteiger partial charge in [-0.15, -0.1) is 0 Å². The first kappa shape index (κ1) is 39.5. The van der Waals surface area contributed by atoms with Crippen molar-refractivity contribution in [2.45, 2.75) is 30.7 Å². The number of rotatable bonds is 9. The van der Waals surface area contributed by atoms with Crippen LogP contribution in [0.15, 0.2) is 48.5 Å². The Balaban J connectivity index is 1.57. The molecule has 1 aliphatic heterocycles. The second kappa shape index (κ2) is 15.3. The van der Waals surface area contributed by atoms with Crippen LogP contribution < -0.4 is 0 Å². The van der Waals surface area contributed by atoms with E-state index < -0.39 is 152 Å². The molecule has 22 nitrogen and oxygen atoms in total. The molecule has 0 aromatic heterocycles. The van der Waals surface area contributed by atoms with Crippen molar-refractivity contribution in [3.8, 4) is 69.0 Å². The minimum atomic E-state index is -2.43. The molecule has 296 valence electrons. The van der Waals surface area contributed by atoms with Crippen molar-refractivity contribution >= 4 is 23.9 Å². The van der Waals surface area contributed by atoms with Gasteiger partial charge in [0.1, 0.15) is 12.7 Å². The number of carbonyl (C=O) groups excluding carboxylic acids is 4. The SMILES string of the molecule is O=C(OC[C@@H]1O[C@@H](O)[C@@H](OC(=O)c2cc(O)c(O)c(O)c2)[C@@H](OC(=O)c2cc(O)c(O)c(O)c2)[C@@H]1OC(=O)c1cc(O)c(O)c(O)c1)c1cc(O)c(O)c(O)c1. The smallest absolute Gasteiger partial charge is 0.339 e. The topological polar surface area (TPSA) is 377 Å². The Morgan fingerprint density at radius 3 is 1.02 bits per heavy atom. The van der Waals surface area contributed by atoms with Crippen LogP contribution >= 0.6 is 0 Å². The molecule has 0 bridgehead atoms. The monoisotopic (exact) mass is 788 g/mol. The Morgan fingerprint density at radius 2 is 0.696 bits per heavy atom. The summed E-state index contributed by atoms with van der Waals surface area (Å²) in [4.78, 5) is 53.1. The second-order valence-electron chi connectivity index (χ2n) is 11.7. The molecular weight excluding hydrogens is 760 g/mol. The number of carbonyl (C=O) groups is 4. The van der Waals surface area contributed by atoms with Crippen LogP contribution in [0.4, 0.5) is 0 Å². The summed E-state index contributed by atoms with van der Waals surface area (Å²) in [5, 5.41) is 129. The van der Waals surface area contributed by atoms with Gasteiger partial charge in [0.05, 0.1) is 22.3 Å². The predicted molar refractivity (Wildman–Crippen MR) is 175 cm³/mol. The van der Waals surface area contributed by atoms with Crippen LogP contribution in [-0.4, -0.2) is 128 Å². The average molecular weight is 789 g/mol. The molecule has 0 radical (unpaired) electrons. The van der Waals surface area contributed by atoms with E-state index >= 15 is 0 Å². The molecule has 4 aromatic rings. The van der Waals surface area contributed by atoms with Crippen molar-refractivity contribution in [1.29, 1.82) is 0 Å². The quantitative estimate of drug-likeness (QED) is 0.0630. The molecule has 5 atom stereocenters. The third kappa shape index (κ3) is 7.95. The number of esters is 4. The molecule has 13 N–H and O–H groups in total. The lowest BCUT2D eigenvalue weighted by Crippen LogP contribution is -2.62. The molecule has 0 spiro atoms. The molecule has 1 saturated heterocycles. The van der Waals surface area contributed by atoms with Gasteiger partial charge in [-0.2, -0.15) is 0 Å². The summed E-state index contributed by atoms with van der Waals surface area (Å²) in [6.07, 6.45) is -11.2. The van der Waals surface area contributed by atoms with Crippen LogP contribution in [0.1, 0.15) is 41.4 Å². The minimum absolute atomic E-state index is 0.570. The van der Waals surface area contributed by atoms with Crippen molar-refractivity contribution in [2.75, 3.05) is 6.61 Å². The number of phenolic OH excluding ortho intramolecular Hbond substituents is 12. The van der Waals surface area contributed by atoms with Crippen molar-refractivity contribution in [2.24, 2.45) is 0 Å². The Morgan fingerprint density at radius 1 is 0.429 bits per heavy atom. The van der Waals surface area contributed by atoms with Crippen LogP contribution in [-0.2, 0) is 23.7 Å². The van der Waals surface area contributed by atoms with Crippen LogP contribution in [0.3, 0.4) is 0 Å².